The van der Waals surface area contributed by atoms with Gasteiger partial charge in [0.1, 0.15) is 0 Å². The number of rotatable bonds is 4. The van der Waals surface area contributed by atoms with Crippen molar-refractivity contribution in [3.63, 3.8) is 0 Å². The molecule has 1 N–H and O–H groups in total. The minimum atomic E-state index is -0.0497. The van der Waals surface area contributed by atoms with Crippen LogP contribution in [-0.4, -0.2) is 56.0 Å². The average molecular weight is 282 g/mol. The lowest BCUT2D eigenvalue weighted by Crippen LogP contribution is -2.56. The van der Waals surface area contributed by atoms with E-state index in [9.17, 15) is 4.79 Å². The van der Waals surface area contributed by atoms with Gasteiger partial charge in [-0.3, -0.25) is 0 Å². The largest absolute Gasteiger partial charge is 0.383 e. The normalized spacial score (nSPS) is 26.8. The molecule has 0 aromatic carbocycles. The van der Waals surface area contributed by atoms with Crippen LogP contribution >= 0.6 is 0 Å². The van der Waals surface area contributed by atoms with Crippen LogP contribution in [0.2, 0.25) is 0 Å². The summed E-state index contributed by atoms with van der Waals surface area (Å²) in [7, 11) is 1.70. The zero-order valence-corrected chi connectivity index (χ0v) is 12.4. The number of carbonyl (C=O) groups is 1. The van der Waals surface area contributed by atoms with E-state index in [0.717, 1.165) is 19.4 Å². The summed E-state index contributed by atoms with van der Waals surface area (Å²) in [6, 6.07) is 0.239. The molecule has 1 atom stereocenters. The molecule has 20 heavy (non-hydrogen) atoms. The first-order valence-electron chi connectivity index (χ1n) is 7.91. The number of nitrogens with one attached hydrogen (secondary N) is 1. The van der Waals surface area contributed by atoms with Crippen molar-refractivity contribution in [3.8, 4) is 0 Å². The molecule has 3 rings (SSSR count). The van der Waals surface area contributed by atoms with Gasteiger partial charge in [0.05, 0.1) is 31.4 Å². The second-order valence-electron chi connectivity index (χ2n) is 6.51. The predicted octanol–water partition coefficient (Wildman–Crippen LogP) is 1.77. The molecule has 3 fully saturated rings. The summed E-state index contributed by atoms with van der Waals surface area (Å²) in [5, 5.41) is 3.16. The quantitative estimate of drug-likeness (QED) is 0.855. The molecule has 0 aromatic heterocycles. The molecule has 3 aliphatic rings. The number of hydrogen-bond acceptors (Lipinski definition) is 3. The molecule has 2 amide bonds. The molecule has 1 unspecified atom stereocenters. The van der Waals surface area contributed by atoms with Gasteiger partial charge in [-0.05, 0) is 31.6 Å². The summed E-state index contributed by atoms with van der Waals surface area (Å²) in [6.45, 7) is 2.75. The van der Waals surface area contributed by atoms with E-state index >= 15 is 0 Å². The Morgan fingerprint density at radius 2 is 2.20 bits per heavy atom. The van der Waals surface area contributed by atoms with E-state index in [1.165, 1.54) is 25.7 Å². The Kier molecular flexibility index (Phi) is 4.17. The SMILES string of the molecule is COCC(NC(=O)N1CCOC2(CCCC2)C1)C1CC1. The molecule has 1 aliphatic heterocycles. The fourth-order valence-electron chi connectivity index (χ4n) is 3.56. The Hall–Kier alpha value is -0.810. The van der Waals surface area contributed by atoms with Gasteiger partial charge >= 0.3 is 6.03 Å². The lowest BCUT2D eigenvalue weighted by atomic mass is 10.00. The van der Waals surface area contributed by atoms with Crippen LogP contribution in [0.1, 0.15) is 38.5 Å². The van der Waals surface area contributed by atoms with Gasteiger partial charge in [-0.1, -0.05) is 12.8 Å². The van der Waals surface area contributed by atoms with E-state index in [0.29, 0.717) is 25.7 Å². The molecule has 0 aromatic rings. The molecule has 5 nitrogen and oxygen atoms in total. The molecule has 1 heterocycles. The highest BCUT2D eigenvalue weighted by atomic mass is 16.5. The Bertz CT molecular complexity index is 351. The van der Waals surface area contributed by atoms with Crippen molar-refractivity contribution in [1.29, 1.82) is 0 Å². The van der Waals surface area contributed by atoms with Crippen molar-refractivity contribution in [2.24, 2.45) is 5.92 Å². The van der Waals surface area contributed by atoms with Gasteiger partial charge in [-0.2, -0.15) is 0 Å². The van der Waals surface area contributed by atoms with Crippen LogP contribution in [0, 0.1) is 5.92 Å². The van der Waals surface area contributed by atoms with Crippen LogP contribution in [0.25, 0.3) is 0 Å². The predicted molar refractivity (Wildman–Crippen MR) is 75.6 cm³/mol. The van der Waals surface area contributed by atoms with Crippen LogP contribution < -0.4 is 5.32 Å². The number of hydrogen-bond donors (Lipinski definition) is 1. The zero-order chi connectivity index (χ0) is 14.0. The van der Waals surface area contributed by atoms with E-state index < -0.39 is 0 Å². The summed E-state index contributed by atoms with van der Waals surface area (Å²) >= 11 is 0. The van der Waals surface area contributed by atoms with Gasteiger partial charge in [0.15, 0.2) is 0 Å². The second-order valence-corrected chi connectivity index (χ2v) is 6.51. The topological polar surface area (TPSA) is 50.8 Å². The van der Waals surface area contributed by atoms with E-state index in [4.69, 9.17) is 9.47 Å². The van der Waals surface area contributed by atoms with Crippen LogP contribution in [0.15, 0.2) is 0 Å². The number of methoxy groups -OCH3 is 1. The molecule has 0 bridgehead atoms. The highest BCUT2D eigenvalue weighted by Crippen LogP contribution is 2.36. The number of amides is 2. The summed E-state index contributed by atoms with van der Waals surface area (Å²) in [5.74, 6) is 0.611. The fraction of sp³-hybridized carbons (Fsp3) is 0.933. The van der Waals surface area contributed by atoms with E-state index in [-0.39, 0.29) is 17.7 Å². The molecule has 2 saturated carbocycles. The maximum absolute atomic E-state index is 12.5. The summed E-state index contributed by atoms with van der Waals surface area (Å²) in [5.41, 5.74) is -0.0497. The lowest BCUT2D eigenvalue weighted by Gasteiger charge is -2.40. The molecule has 1 saturated heterocycles. The molecular weight excluding hydrogens is 256 g/mol. The van der Waals surface area contributed by atoms with E-state index in [2.05, 4.69) is 5.32 Å². The standard InChI is InChI=1S/C15H26N2O3/c1-19-10-13(12-4-5-12)16-14(18)17-8-9-20-15(11-17)6-2-3-7-15/h12-13H,2-11H2,1H3,(H,16,18). The smallest absolute Gasteiger partial charge is 0.317 e. The van der Waals surface area contributed by atoms with Crippen molar-refractivity contribution >= 4 is 6.03 Å². The monoisotopic (exact) mass is 282 g/mol. The van der Waals surface area contributed by atoms with E-state index in [1.807, 2.05) is 4.90 Å². The molecule has 5 heteroatoms. The first-order valence-corrected chi connectivity index (χ1v) is 7.91. The van der Waals surface area contributed by atoms with Crippen molar-refractivity contribution in [3.05, 3.63) is 0 Å². The van der Waals surface area contributed by atoms with Crippen LogP contribution in [0.3, 0.4) is 0 Å². The maximum Gasteiger partial charge on any atom is 0.317 e. The van der Waals surface area contributed by atoms with Gasteiger partial charge in [0.25, 0.3) is 0 Å². The summed E-state index contributed by atoms with van der Waals surface area (Å²) in [6.07, 6.45) is 7.07. The molecule has 0 radical (unpaired) electrons. The Balaban J connectivity index is 1.55. The van der Waals surface area contributed by atoms with Gasteiger partial charge < -0.3 is 19.7 Å². The van der Waals surface area contributed by atoms with Crippen molar-refractivity contribution in [2.75, 3.05) is 33.4 Å². The number of ether oxygens (including phenoxy) is 2. The maximum atomic E-state index is 12.5. The third kappa shape index (κ3) is 3.09. The average Bonchev–Trinajstić information content (AvgIpc) is 3.21. The molecule has 1 spiro atoms. The first-order chi connectivity index (χ1) is 9.72. The van der Waals surface area contributed by atoms with Crippen LogP contribution in [-0.2, 0) is 9.47 Å². The number of carbonyl (C=O) groups excluding carboxylic acids is 1. The van der Waals surface area contributed by atoms with Gasteiger partial charge in [-0.15, -0.1) is 0 Å². The van der Waals surface area contributed by atoms with Crippen molar-refractivity contribution < 1.29 is 14.3 Å². The van der Waals surface area contributed by atoms with Gasteiger partial charge in [-0.25, -0.2) is 4.79 Å². The van der Waals surface area contributed by atoms with Crippen LogP contribution in [0.5, 0.6) is 0 Å². The van der Waals surface area contributed by atoms with Crippen LogP contribution in [0.4, 0.5) is 4.79 Å². The Morgan fingerprint density at radius 3 is 2.85 bits per heavy atom. The third-order valence-electron chi connectivity index (χ3n) is 4.90. The Labute approximate surface area is 121 Å². The van der Waals surface area contributed by atoms with E-state index in [1.54, 1.807) is 7.11 Å². The highest BCUT2D eigenvalue weighted by Gasteiger charge is 2.41. The molecule has 2 aliphatic carbocycles. The van der Waals surface area contributed by atoms with Crippen molar-refractivity contribution in [2.45, 2.75) is 50.2 Å². The zero-order valence-electron chi connectivity index (χ0n) is 12.4. The molecule has 114 valence electrons. The third-order valence-corrected chi connectivity index (χ3v) is 4.90. The Morgan fingerprint density at radius 1 is 1.45 bits per heavy atom. The highest BCUT2D eigenvalue weighted by molar-refractivity contribution is 5.74. The fourth-order valence-corrected chi connectivity index (χ4v) is 3.56. The number of morpholine rings is 1. The minimum absolute atomic E-state index is 0.0497. The van der Waals surface area contributed by atoms with Crippen molar-refractivity contribution in [1.82, 2.24) is 10.2 Å². The summed E-state index contributed by atoms with van der Waals surface area (Å²) in [4.78, 5) is 14.4. The minimum Gasteiger partial charge on any atom is -0.383 e. The number of urea groups is 1. The molecular formula is C15H26N2O3. The number of nitrogens with zero attached hydrogens (tertiary/aromatic N) is 1. The lowest BCUT2D eigenvalue weighted by molar-refractivity contribution is -0.0928. The first kappa shape index (κ1) is 14.1. The van der Waals surface area contributed by atoms with Gasteiger partial charge in [0, 0.05) is 13.7 Å². The van der Waals surface area contributed by atoms with Gasteiger partial charge in [0.2, 0.25) is 0 Å². The summed E-state index contributed by atoms with van der Waals surface area (Å²) < 4.78 is 11.2. The second kappa shape index (κ2) is 5.90.